The number of benzene rings is 1. The van der Waals surface area contributed by atoms with E-state index in [9.17, 15) is 5.11 Å². The highest BCUT2D eigenvalue weighted by Gasteiger charge is 2.07. The maximum Gasteiger partial charge on any atom is 0.0900 e. The summed E-state index contributed by atoms with van der Waals surface area (Å²) in [6.07, 6.45) is 1.82. The van der Waals surface area contributed by atoms with Gasteiger partial charge in [0, 0.05) is 11.9 Å². The fourth-order valence-electron chi connectivity index (χ4n) is 1.47. The Kier molecular flexibility index (Phi) is 2.70. The summed E-state index contributed by atoms with van der Waals surface area (Å²) in [7, 11) is 0. The number of aliphatic hydroxyl groups excluding tert-OH is 1. The van der Waals surface area contributed by atoms with Crippen molar-refractivity contribution in [1.82, 2.24) is 4.98 Å². The van der Waals surface area contributed by atoms with Crippen molar-refractivity contribution in [1.29, 1.82) is 0 Å². The van der Waals surface area contributed by atoms with Crippen LogP contribution in [0.5, 0.6) is 0 Å². The predicted molar refractivity (Wildman–Crippen MR) is 62.6 cm³/mol. The molecule has 0 radical (unpaired) electrons. The van der Waals surface area contributed by atoms with E-state index < -0.39 is 0 Å². The fraction of sp³-hybridized carbons (Fsp3) is 0.182. The van der Waals surface area contributed by atoms with Crippen LogP contribution in [0.3, 0.4) is 0 Å². The molecular formula is C11H12N2OS. The highest BCUT2D eigenvalue weighted by atomic mass is 32.1. The average Bonchev–Trinajstić information content (AvgIpc) is 2.64. The first-order valence-corrected chi connectivity index (χ1v) is 5.44. The highest BCUT2D eigenvalue weighted by molar-refractivity contribution is 7.15. The predicted octanol–water partition coefficient (Wildman–Crippen LogP) is 2.19. The van der Waals surface area contributed by atoms with E-state index in [1.165, 1.54) is 0 Å². The molecule has 0 bridgehead atoms. The zero-order valence-corrected chi connectivity index (χ0v) is 9.21. The number of hydrogen-bond acceptors (Lipinski definition) is 4. The Morgan fingerprint density at radius 3 is 2.87 bits per heavy atom. The van der Waals surface area contributed by atoms with E-state index in [-0.39, 0.29) is 6.61 Å². The first kappa shape index (κ1) is 10.1. The van der Waals surface area contributed by atoms with Crippen molar-refractivity contribution < 1.29 is 5.11 Å². The molecule has 3 nitrogen and oxygen atoms in total. The van der Waals surface area contributed by atoms with Crippen LogP contribution in [0.25, 0.3) is 10.4 Å². The van der Waals surface area contributed by atoms with Gasteiger partial charge in [0.25, 0.3) is 0 Å². The van der Waals surface area contributed by atoms with Crippen LogP contribution in [-0.4, -0.2) is 10.1 Å². The van der Waals surface area contributed by atoms with Gasteiger partial charge >= 0.3 is 0 Å². The van der Waals surface area contributed by atoms with Crippen LogP contribution in [-0.2, 0) is 6.61 Å². The smallest absolute Gasteiger partial charge is 0.0900 e. The summed E-state index contributed by atoms with van der Waals surface area (Å²) >= 11 is 1.61. The SMILES string of the molecule is Cc1ncc(-c2ccc(N)cc2CO)s1. The Balaban J connectivity index is 2.52. The zero-order chi connectivity index (χ0) is 10.8. The van der Waals surface area contributed by atoms with Crippen molar-refractivity contribution >= 4 is 17.0 Å². The molecule has 0 aliphatic carbocycles. The van der Waals surface area contributed by atoms with Gasteiger partial charge in [0.2, 0.25) is 0 Å². The van der Waals surface area contributed by atoms with Gasteiger partial charge in [0.05, 0.1) is 16.5 Å². The van der Waals surface area contributed by atoms with Crippen LogP contribution < -0.4 is 5.73 Å². The van der Waals surface area contributed by atoms with Crippen molar-refractivity contribution in [3.8, 4) is 10.4 Å². The lowest BCUT2D eigenvalue weighted by molar-refractivity contribution is 0.282. The van der Waals surface area contributed by atoms with Gasteiger partial charge in [-0.25, -0.2) is 4.98 Å². The van der Waals surface area contributed by atoms with Crippen LogP contribution in [0, 0.1) is 6.92 Å². The molecule has 0 fully saturated rings. The van der Waals surface area contributed by atoms with Crippen LogP contribution in [0.2, 0.25) is 0 Å². The molecule has 0 atom stereocenters. The molecule has 3 N–H and O–H groups in total. The third-order valence-electron chi connectivity index (χ3n) is 2.19. The second kappa shape index (κ2) is 4.00. The lowest BCUT2D eigenvalue weighted by Gasteiger charge is -2.05. The summed E-state index contributed by atoms with van der Waals surface area (Å²) in [5.41, 5.74) is 8.19. The molecule has 78 valence electrons. The second-order valence-corrected chi connectivity index (χ2v) is 4.55. The third-order valence-corrected chi connectivity index (χ3v) is 3.13. The molecule has 0 spiro atoms. The molecule has 2 rings (SSSR count). The van der Waals surface area contributed by atoms with Gasteiger partial charge in [-0.15, -0.1) is 11.3 Å². The minimum Gasteiger partial charge on any atom is -0.399 e. The number of aliphatic hydroxyl groups is 1. The van der Waals surface area contributed by atoms with Gasteiger partial charge in [0.1, 0.15) is 0 Å². The van der Waals surface area contributed by atoms with Crippen LogP contribution in [0.1, 0.15) is 10.6 Å². The van der Waals surface area contributed by atoms with E-state index in [0.29, 0.717) is 5.69 Å². The van der Waals surface area contributed by atoms with Crippen molar-refractivity contribution in [2.75, 3.05) is 5.73 Å². The van der Waals surface area contributed by atoms with Crippen molar-refractivity contribution in [2.45, 2.75) is 13.5 Å². The van der Waals surface area contributed by atoms with E-state index in [1.807, 2.05) is 25.3 Å². The summed E-state index contributed by atoms with van der Waals surface area (Å²) in [5.74, 6) is 0. The Hall–Kier alpha value is -1.39. The number of thiazole rings is 1. The zero-order valence-electron chi connectivity index (χ0n) is 8.40. The summed E-state index contributed by atoms with van der Waals surface area (Å²) in [4.78, 5) is 5.26. The van der Waals surface area contributed by atoms with Crippen molar-refractivity contribution in [3.63, 3.8) is 0 Å². The van der Waals surface area contributed by atoms with E-state index in [1.54, 1.807) is 17.4 Å². The molecule has 15 heavy (non-hydrogen) atoms. The Labute approximate surface area is 92.2 Å². The van der Waals surface area contributed by atoms with Crippen LogP contribution in [0.15, 0.2) is 24.4 Å². The number of nitrogens with zero attached hydrogens (tertiary/aromatic N) is 1. The van der Waals surface area contributed by atoms with E-state index in [0.717, 1.165) is 21.0 Å². The van der Waals surface area contributed by atoms with E-state index in [2.05, 4.69) is 4.98 Å². The maximum atomic E-state index is 9.24. The Morgan fingerprint density at radius 2 is 2.27 bits per heavy atom. The normalized spacial score (nSPS) is 10.5. The minimum atomic E-state index is -0.00266. The lowest BCUT2D eigenvalue weighted by atomic mass is 10.1. The number of anilines is 1. The number of aryl methyl sites for hydroxylation is 1. The first-order chi connectivity index (χ1) is 7.20. The average molecular weight is 220 g/mol. The molecule has 1 heterocycles. The molecule has 1 aromatic heterocycles. The summed E-state index contributed by atoms with van der Waals surface area (Å²) in [5, 5.41) is 10.3. The number of nitrogens with two attached hydrogens (primary N) is 1. The van der Waals surface area contributed by atoms with Gasteiger partial charge in [-0.3, -0.25) is 0 Å². The largest absolute Gasteiger partial charge is 0.399 e. The molecule has 0 unspecified atom stereocenters. The van der Waals surface area contributed by atoms with Gasteiger partial charge < -0.3 is 10.8 Å². The lowest BCUT2D eigenvalue weighted by Crippen LogP contribution is -1.91. The minimum absolute atomic E-state index is 0.00266. The molecule has 2 aromatic rings. The standard InChI is InChI=1S/C11H12N2OS/c1-7-13-5-11(15-7)10-3-2-9(12)4-8(10)6-14/h2-5,14H,6,12H2,1H3. The quantitative estimate of drug-likeness (QED) is 0.763. The molecular weight excluding hydrogens is 208 g/mol. The van der Waals surface area contributed by atoms with Gasteiger partial charge in [-0.1, -0.05) is 6.07 Å². The van der Waals surface area contributed by atoms with Crippen LogP contribution in [0.4, 0.5) is 5.69 Å². The number of hydrogen-bond donors (Lipinski definition) is 2. The molecule has 4 heteroatoms. The van der Waals surface area contributed by atoms with E-state index >= 15 is 0 Å². The van der Waals surface area contributed by atoms with Crippen molar-refractivity contribution in [2.24, 2.45) is 0 Å². The fourth-order valence-corrected chi connectivity index (χ4v) is 2.31. The van der Waals surface area contributed by atoms with Crippen LogP contribution >= 0.6 is 11.3 Å². The first-order valence-electron chi connectivity index (χ1n) is 4.63. The number of rotatable bonds is 2. The number of nitrogen functional groups attached to an aromatic ring is 1. The third kappa shape index (κ3) is 2.00. The molecule has 0 saturated heterocycles. The summed E-state index contributed by atoms with van der Waals surface area (Å²) in [6, 6.07) is 5.56. The van der Waals surface area contributed by atoms with Crippen molar-refractivity contribution in [3.05, 3.63) is 35.0 Å². The highest BCUT2D eigenvalue weighted by Crippen LogP contribution is 2.30. The van der Waals surface area contributed by atoms with Gasteiger partial charge in [0.15, 0.2) is 0 Å². The topological polar surface area (TPSA) is 59.1 Å². The Morgan fingerprint density at radius 1 is 1.47 bits per heavy atom. The monoisotopic (exact) mass is 220 g/mol. The Bertz CT molecular complexity index is 479. The molecule has 0 aliphatic rings. The summed E-state index contributed by atoms with van der Waals surface area (Å²) in [6.45, 7) is 1.96. The molecule has 0 aliphatic heterocycles. The van der Waals surface area contributed by atoms with Gasteiger partial charge in [-0.05, 0) is 30.2 Å². The molecule has 0 saturated carbocycles. The van der Waals surface area contributed by atoms with E-state index in [4.69, 9.17) is 5.73 Å². The maximum absolute atomic E-state index is 9.24. The second-order valence-electron chi connectivity index (χ2n) is 3.32. The van der Waals surface area contributed by atoms with Gasteiger partial charge in [-0.2, -0.15) is 0 Å². The summed E-state index contributed by atoms with van der Waals surface area (Å²) < 4.78 is 0. The molecule has 1 aromatic carbocycles. The molecule has 0 amide bonds. The number of aromatic nitrogens is 1.